The summed E-state index contributed by atoms with van der Waals surface area (Å²) in [6.45, 7) is 2.05. The number of fused-ring (bicyclic) bond motifs is 1. The predicted molar refractivity (Wildman–Crippen MR) is 108 cm³/mol. The van der Waals surface area contributed by atoms with Gasteiger partial charge in [0.25, 0.3) is 0 Å². The van der Waals surface area contributed by atoms with Gasteiger partial charge in [0, 0.05) is 18.3 Å². The van der Waals surface area contributed by atoms with Crippen LogP contribution in [0.5, 0.6) is 0 Å². The van der Waals surface area contributed by atoms with Gasteiger partial charge in [0.1, 0.15) is 0 Å². The smallest absolute Gasteiger partial charge is 0.227 e. The topological polar surface area (TPSA) is 54.9 Å². The van der Waals surface area contributed by atoms with Crippen LogP contribution in [0.15, 0.2) is 66.9 Å². The number of anilines is 2. The summed E-state index contributed by atoms with van der Waals surface area (Å²) in [4.78, 5) is 21.4. The first kappa shape index (κ1) is 17.2. The van der Waals surface area contributed by atoms with E-state index < -0.39 is 0 Å². The van der Waals surface area contributed by atoms with E-state index in [9.17, 15) is 4.79 Å². The van der Waals surface area contributed by atoms with Crippen LogP contribution in [-0.4, -0.2) is 15.8 Å². The Hall–Kier alpha value is -3.27. The van der Waals surface area contributed by atoms with Gasteiger partial charge in [0.15, 0.2) is 5.78 Å². The van der Waals surface area contributed by atoms with E-state index in [2.05, 4.69) is 39.6 Å². The summed E-state index contributed by atoms with van der Waals surface area (Å²) in [6, 6.07) is 18.2. The van der Waals surface area contributed by atoms with Crippen molar-refractivity contribution < 1.29 is 4.79 Å². The number of nitrogens with zero attached hydrogens (tertiary/aromatic N) is 2. The van der Waals surface area contributed by atoms with E-state index in [0.717, 1.165) is 23.4 Å². The van der Waals surface area contributed by atoms with Gasteiger partial charge in [-0.2, -0.15) is 0 Å². The molecule has 1 aliphatic carbocycles. The molecule has 27 heavy (non-hydrogen) atoms. The molecule has 4 rings (SSSR count). The highest BCUT2D eigenvalue weighted by molar-refractivity contribution is 5.98. The van der Waals surface area contributed by atoms with Crippen LogP contribution in [0.1, 0.15) is 33.6 Å². The summed E-state index contributed by atoms with van der Waals surface area (Å²) in [5.41, 5.74) is 4.74. The lowest BCUT2D eigenvalue weighted by Gasteiger charge is -2.20. The summed E-state index contributed by atoms with van der Waals surface area (Å²) in [5, 5.41) is 3.22. The second-order valence-electron chi connectivity index (χ2n) is 6.91. The highest BCUT2D eigenvalue weighted by Gasteiger charge is 2.25. The van der Waals surface area contributed by atoms with E-state index in [1.165, 1.54) is 5.56 Å². The highest BCUT2D eigenvalue weighted by atomic mass is 16.1. The minimum atomic E-state index is 0.112. The lowest BCUT2D eigenvalue weighted by molar-refractivity contribution is 0.0957. The van der Waals surface area contributed by atoms with Gasteiger partial charge in [-0.15, -0.1) is 0 Å². The van der Waals surface area contributed by atoms with Gasteiger partial charge in [-0.3, -0.25) is 4.79 Å². The number of nitrogens with one attached hydrogen (secondary N) is 1. The molecule has 4 nitrogen and oxygen atoms in total. The molecule has 4 heteroatoms. The Kier molecular flexibility index (Phi) is 4.79. The Labute approximate surface area is 159 Å². The quantitative estimate of drug-likeness (QED) is 0.716. The summed E-state index contributed by atoms with van der Waals surface area (Å²) < 4.78 is 0. The van der Waals surface area contributed by atoms with Crippen molar-refractivity contribution in [2.24, 2.45) is 5.92 Å². The Morgan fingerprint density at radius 3 is 2.59 bits per heavy atom. The molecule has 2 aromatic carbocycles. The molecule has 1 aliphatic rings. The summed E-state index contributed by atoms with van der Waals surface area (Å²) in [6.07, 6.45) is 7.10. The van der Waals surface area contributed by atoms with E-state index in [4.69, 9.17) is 0 Å². The maximum Gasteiger partial charge on any atom is 0.227 e. The van der Waals surface area contributed by atoms with Crippen molar-refractivity contribution in [2.75, 3.05) is 5.32 Å². The van der Waals surface area contributed by atoms with Crippen LogP contribution in [0, 0.1) is 12.8 Å². The number of aryl methyl sites for hydroxylation is 1. The molecule has 0 amide bonds. The Bertz CT molecular complexity index is 978. The Morgan fingerprint density at radius 1 is 1.04 bits per heavy atom. The molecule has 0 fully saturated rings. The van der Waals surface area contributed by atoms with Crippen molar-refractivity contribution >= 4 is 23.5 Å². The van der Waals surface area contributed by atoms with Crippen molar-refractivity contribution in [3.8, 4) is 0 Å². The number of carbonyl (C=O) groups is 1. The number of hydrogen-bond donors (Lipinski definition) is 1. The third kappa shape index (κ3) is 4.11. The number of hydrogen-bond acceptors (Lipinski definition) is 4. The van der Waals surface area contributed by atoms with Gasteiger partial charge in [0.2, 0.25) is 5.95 Å². The van der Waals surface area contributed by atoms with Gasteiger partial charge in [-0.25, -0.2) is 9.97 Å². The first-order valence-electron chi connectivity index (χ1n) is 9.13. The monoisotopic (exact) mass is 355 g/mol. The van der Waals surface area contributed by atoms with Gasteiger partial charge in [-0.05, 0) is 37.0 Å². The van der Waals surface area contributed by atoms with Gasteiger partial charge < -0.3 is 5.32 Å². The van der Waals surface area contributed by atoms with E-state index in [1.807, 2.05) is 49.4 Å². The number of carbonyl (C=O) groups excluding carboxylic acids is 1. The molecular weight excluding hydrogens is 334 g/mol. The first-order chi connectivity index (χ1) is 13.2. The minimum absolute atomic E-state index is 0.112. The SMILES string of the molecule is Cc1ccc(Nc2ncc3c(n2)C[C@@H](/C=C/c2ccccc2)CC3=O)cc1. The largest absolute Gasteiger partial charge is 0.324 e. The fraction of sp³-hybridized carbons (Fsp3) is 0.174. The van der Waals surface area contributed by atoms with Crippen LogP contribution >= 0.6 is 0 Å². The summed E-state index contributed by atoms with van der Waals surface area (Å²) in [7, 11) is 0. The van der Waals surface area contributed by atoms with Gasteiger partial charge in [-0.1, -0.05) is 60.2 Å². The molecule has 0 aliphatic heterocycles. The number of rotatable bonds is 4. The Balaban J connectivity index is 1.53. The number of Topliss-reactive ketones (excluding diaryl/α,β-unsaturated/α-hetero) is 1. The van der Waals surface area contributed by atoms with Gasteiger partial charge >= 0.3 is 0 Å². The molecule has 0 saturated heterocycles. The normalized spacial score (nSPS) is 16.3. The molecule has 0 bridgehead atoms. The van der Waals surface area contributed by atoms with Crippen LogP contribution in [0.2, 0.25) is 0 Å². The number of ketones is 1. The molecule has 0 spiro atoms. The van der Waals surface area contributed by atoms with E-state index in [0.29, 0.717) is 17.9 Å². The second kappa shape index (κ2) is 7.54. The molecule has 3 aromatic rings. The minimum Gasteiger partial charge on any atom is -0.324 e. The zero-order valence-electron chi connectivity index (χ0n) is 15.2. The van der Waals surface area contributed by atoms with E-state index in [1.54, 1.807) is 6.20 Å². The Morgan fingerprint density at radius 2 is 1.81 bits per heavy atom. The van der Waals surface area contributed by atoms with Crippen LogP contribution in [0.4, 0.5) is 11.6 Å². The molecular formula is C23H21N3O. The fourth-order valence-corrected chi connectivity index (χ4v) is 3.25. The zero-order valence-corrected chi connectivity index (χ0v) is 15.2. The number of allylic oxidation sites excluding steroid dienone is 1. The molecule has 0 saturated carbocycles. The van der Waals surface area contributed by atoms with E-state index in [-0.39, 0.29) is 11.7 Å². The third-order valence-electron chi connectivity index (χ3n) is 4.74. The average Bonchev–Trinajstić information content (AvgIpc) is 2.69. The fourth-order valence-electron chi connectivity index (χ4n) is 3.25. The van der Waals surface area contributed by atoms with Crippen LogP contribution < -0.4 is 5.32 Å². The molecule has 1 atom stereocenters. The third-order valence-corrected chi connectivity index (χ3v) is 4.74. The van der Waals surface area contributed by atoms with Crippen molar-refractivity contribution in [1.29, 1.82) is 0 Å². The van der Waals surface area contributed by atoms with Crippen LogP contribution in [0.25, 0.3) is 6.08 Å². The number of benzene rings is 2. The van der Waals surface area contributed by atoms with Crippen LogP contribution in [0.3, 0.4) is 0 Å². The molecule has 1 heterocycles. The molecule has 0 unspecified atom stereocenters. The molecule has 1 aromatic heterocycles. The van der Waals surface area contributed by atoms with Gasteiger partial charge in [0.05, 0.1) is 11.3 Å². The lowest BCUT2D eigenvalue weighted by Crippen LogP contribution is -2.21. The maximum atomic E-state index is 12.5. The molecule has 0 radical (unpaired) electrons. The average molecular weight is 355 g/mol. The zero-order chi connectivity index (χ0) is 18.6. The number of aromatic nitrogens is 2. The summed E-state index contributed by atoms with van der Waals surface area (Å²) in [5.74, 6) is 0.797. The predicted octanol–water partition coefficient (Wildman–Crippen LogP) is 4.99. The molecule has 1 N–H and O–H groups in total. The molecule has 134 valence electrons. The van der Waals surface area contributed by atoms with Crippen molar-refractivity contribution in [3.63, 3.8) is 0 Å². The standard InChI is InChI=1S/C23H21N3O/c1-16-7-11-19(12-8-16)25-23-24-15-20-21(26-23)13-18(14-22(20)27)10-9-17-5-3-2-4-6-17/h2-12,15,18H,13-14H2,1H3,(H,24,25,26)/b10-9+/t18-/m1/s1. The second-order valence-corrected chi connectivity index (χ2v) is 6.91. The summed E-state index contributed by atoms with van der Waals surface area (Å²) >= 11 is 0. The van der Waals surface area contributed by atoms with E-state index >= 15 is 0 Å². The van der Waals surface area contributed by atoms with Crippen molar-refractivity contribution in [3.05, 3.63) is 89.3 Å². The van der Waals surface area contributed by atoms with Crippen molar-refractivity contribution in [1.82, 2.24) is 9.97 Å². The first-order valence-corrected chi connectivity index (χ1v) is 9.13. The van der Waals surface area contributed by atoms with Crippen LogP contribution in [-0.2, 0) is 6.42 Å². The highest BCUT2D eigenvalue weighted by Crippen LogP contribution is 2.26. The van der Waals surface area contributed by atoms with Crippen molar-refractivity contribution in [2.45, 2.75) is 19.8 Å². The lowest BCUT2D eigenvalue weighted by atomic mass is 9.86. The maximum absolute atomic E-state index is 12.5.